The molecule has 1 aromatic carbocycles. The van der Waals surface area contributed by atoms with Gasteiger partial charge in [-0.3, -0.25) is 0 Å². The van der Waals surface area contributed by atoms with Gasteiger partial charge in [0.15, 0.2) is 0 Å². The molecule has 1 aromatic heterocycles. The standard InChI is InChI=1S/C16H21N3O2/c1-20-14-9-19(10-15(14)21-2)16-7-11(8-17)12-5-3-4-6-13(12)18-16/h3-7,14-15H,8-10,17H2,1-2H3. The van der Waals surface area contributed by atoms with Gasteiger partial charge in [0, 0.05) is 39.2 Å². The molecule has 0 bridgehead atoms. The van der Waals surface area contributed by atoms with Crippen LogP contribution < -0.4 is 10.6 Å². The number of rotatable bonds is 4. The minimum absolute atomic E-state index is 0.0737. The zero-order chi connectivity index (χ0) is 14.8. The molecule has 1 aliphatic heterocycles. The number of para-hydroxylation sites is 1. The Kier molecular flexibility index (Phi) is 4.05. The second kappa shape index (κ2) is 5.97. The highest BCUT2D eigenvalue weighted by Crippen LogP contribution is 2.26. The number of nitrogens with zero attached hydrogens (tertiary/aromatic N) is 2. The first kappa shape index (κ1) is 14.3. The molecule has 0 aliphatic carbocycles. The Morgan fingerprint density at radius 1 is 1.19 bits per heavy atom. The molecule has 1 fully saturated rings. The van der Waals surface area contributed by atoms with E-state index in [1.165, 1.54) is 0 Å². The highest BCUT2D eigenvalue weighted by molar-refractivity contribution is 5.84. The maximum Gasteiger partial charge on any atom is 0.129 e. The quantitative estimate of drug-likeness (QED) is 0.924. The summed E-state index contributed by atoms with van der Waals surface area (Å²) in [7, 11) is 3.44. The highest BCUT2D eigenvalue weighted by Gasteiger charge is 2.33. The topological polar surface area (TPSA) is 60.6 Å². The highest BCUT2D eigenvalue weighted by atomic mass is 16.5. The van der Waals surface area contributed by atoms with Crippen molar-refractivity contribution in [1.29, 1.82) is 0 Å². The van der Waals surface area contributed by atoms with Crippen molar-refractivity contribution < 1.29 is 9.47 Å². The van der Waals surface area contributed by atoms with Crippen LogP contribution in [0.25, 0.3) is 10.9 Å². The van der Waals surface area contributed by atoms with Crippen LogP contribution in [0.2, 0.25) is 0 Å². The Hall–Kier alpha value is -1.69. The summed E-state index contributed by atoms with van der Waals surface area (Å²) >= 11 is 0. The average molecular weight is 287 g/mol. The summed E-state index contributed by atoms with van der Waals surface area (Å²) in [4.78, 5) is 6.96. The minimum Gasteiger partial charge on any atom is -0.377 e. The third-order valence-electron chi connectivity index (χ3n) is 4.15. The van der Waals surface area contributed by atoms with Crippen LogP contribution in [0.5, 0.6) is 0 Å². The van der Waals surface area contributed by atoms with Crippen molar-refractivity contribution >= 4 is 16.7 Å². The number of aromatic nitrogens is 1. The predicted octanol–water partition coefficient (Wildman–Crippen LogP) is 1.54. The van der Waals surface area contributed by atoms with Crippen LogP contribution in [0, 0.1) is 0 Å². The first-order chi connectivity index (χ1) is 10.3. The number of anilines is 1. The van der Waals surface area contributed by atoms with Crippen molar-refractivity contribution in [2.45, 2.75) is 18.8 Å². The van der Waals surface area contributed by atoms with E-state index in [1.807, 2.05) is 18.2 Å². The fraction of sp³-hybridized carbons (Fsp3) is 0.438. The number of fused-ring (bicyclic) bond motifs is 1. The van der Waals surface area contributed by atoms with Crippen LogP contribution in [0.4, 0.5) is 5.82 Å². The number of ether oxygens (including phenoxy) is 2. The van der Waals surface area contributed by atoms with Gasteiger partial charge in [-0.15, -0.1) is 0 Å². The second-order valence-electron chi connectivity index (χ2n) is 5.31. The smallest absolute Gasteiger partial charge is 0.129 e. The van der Waals surface area contributed by atoms with Gasteiger partial charge in [0.05, 0.1) is 5.52 Å². The first-order valence-electron chi connectivity index (χ1n) is 7.16. The van der Waals surface area contributed by atoms with Gasteiger partial charge >= 0.3 is 0 Å². The number of methoxy groups -OCH3 is 2. The van der Waals surface area contributed by atoms with Gasteiger partial charge in [0.2, 0.25) is 0 Å². The van der Waals surface area contributed by atoms with E-state index in [1.54, 1.807) is 14.2 Å². The number of hydrogen-bond donors (Lipinski definition) is 1. The molecule has 0 amide bonds. The summed E-state index contributed by atoms with van der Waals surface area (Å²) in [5.74, 6) is 0.941. The van der Waals surface area contributed by atoms with E-state index in [0.29, 0.717) is 6.54 Å². The van der Waals surface area contributed by atoms with Crippen LogP contribution in [-0.2, 0) is 16.0 Å². The largest absolute Gasteiger partial charge is 0.377 e. The summed E-state index contributed by atoms with van der Waals surface area (Å²) in [5.41, 5.74) is 7.99. The van der Waals surface area contributed by atoms with E-state index in [-0.39, 0.29) is 12.2 Å². The number of nitrogens with two attached hydrogens (primary N) is 1. The molecule has 2 atom stereocenters. The number of benzene rings is 1. The molecular weight excluding hydrogens is 266 g/mol. The Labute approximate surface area is 124 Å². The maximum absolute atomic E-state index is 5.89. The zero-order valence-electron chi connectivity index (χ0n) is 12.5. The molecule has 2 unspecified atom stereocenters. The average Bonchev–Trinajstić information content (AvgIpc) is 2.97. The second-order valence-corrected chi connectivity index (χ2v) is 5.31. The van der Waals surface area contributed by atoms with E-state index >= 15 is 0 Å². The van der Waals surface area contributed by atoms with E-state index in [2.05, 4.69) is 17.0 Å². The number of hydrogen-bond acceptors (Lipinski definition) is 5. The molecule has 5 heteroatoms. The lowest BCUT2D eigenvalue weighted by atomic mass is 10.1. The zero-order valence-corrected chi connectivity index (χ0v) is 12.5. The molecule has 1 saturated heterocycles. The van der Waals surface area contributed by atoms with Crippen LogP contribution >= 0.6 is 0 Å². The van der Waals surface area contributed by atoms with Gasteiger partial charge < -0.3 is 20.1 Å². The third-order valence-corrected chi connectivity index (χ3v) is 4.15. The van der Waals surface area contributed by atoms with E-state index in [0.717, 1.165) is 35.4 Å². The lowest BCUT2D eigenvalue weighted by molar-refractivity contribution is -0.00461. The van der Waals surface area contributed by atoms with Crippen molar-refractivity contribution in [2.24, 2.45) is 5.73 Å². The van der Waals surface area contributed by atoms with Crippen LogP contribution in [0.15, 0.2) is 30.3 Å². The molecule has 2 aromatic rings. The van der Waals surface area contributed by atoms with Crippen LogP contribution in [0.1, 0.15) is 5.56 Å². The van der Waals surface area contributed by atoms with Gasteiger partial charge in [-0.25, -0.2) is 4.98 Å². The monoisotopic (exact) mass is 287 g/mol. The van der Waals surface area contributed by atoms with E-state index in [9.17, 15) is 0 Å². The molecule has 2 heterocycles. The van der Waals surface area contributed by atoms with Crippen molar-refractivity contribution in [3.05, 3.63) is 35.9 Å². The maximum atomic E-state index is 5.89. The Morgan fingerprint density at radius 2 is 1.86 bits per heavy atom. The van der Waals surface area contributed by atoms with Crippen molar-refractivity contribution in [3.63, 3.8) is 0 Å². The predicted molar refractivity (Wildman–Crippen MR) is 83.4 cm³/mol. The van der Waals surface area contributed by atoms with Gasteiger partial charge in [-0.1, -0.05) is 18.2 Å². The number of pyridine rings is 1. The SMILES string of the molecule is COC1CN(c2cc(CN)c3ccccc3n2)CC1OC. The molecule has 5 nitrogen and oxygen atoms in total. The molecule has 112 valence electrons. The minimum atomic E-state index is 0.0737. The van der Waals surface area contributed by atoms with Gasteiger partial charge in [0.1, 0.15) is 18.0 Å². The fourth-order valence-corrected chi connectivity index (χ4v) is 2.95. The molecular formula is C16H21N3O2. The van der Waals surface area contributed by atoms with Crippen molar-refractivity contribution in [2.75, 3.05) is 32.2 Å². The van der Waals surface area contributed by atoms with Gasteiger partial charge in [-0.05, 0) is 17.7 Å². The molecule has 0 radical (unpaired) electrons. The summed E-state index contributed by atoms with van der Waals surface area (Å²) in [5, 5.41) is 1.12. The Bertz CT molecular complexity index is 620. The normalized spacial score (nSPS) is 22.1. The first-order valence-corrected chi connectivity index (χ1v) is 7.16. The van der Waals surface area contributed by atoms with Crippen LogP contribution in [0.3, 0.4) is 0 Å². The molecule has 21 heavy (non-hydrogen) atoms. The molecule has 2 N–H and O–H groups in total. The van der Waals surface area contributed by atoms with E-state index in [4.69, 9.17) is 20.2 Å². The molecule has 1 aliphatic rings. The summed E-state index contributed by atoms with van der Waals surface area (Å²) in [6.07, 6.45) is 0.147. The lowest BCUT2D eigenvalue weighted by Crippen LogP contribution is -2.27. The van der Waals surface area contributed by atoms with Gasteiger partial charge in [-0.2, -0.15) is 0 Å². The van der Waals surface area contributed by atoms with Crippen molar-refractivity contribution in [1.82, 2.24) is 4.98 Å². The Morgan fingerprint density at radius 3 is 2.48 bits per heavy atom. The Balaban J connectivity index is 1.98. The molecule has 3 rings (SSSR count). The summed E-state index contributed by atoms with van der Waals surface area (Å²) in [6.45, 7) is 2.07. The van der Waals surface area contributed by atoms with Gasteiger partial charge in [0.25, 0.3) is 0 Å². The van der Waals surface area contributed by atoms with E-state index < -0.39 is 0 Å². The molecule has 0 spiro atoms. The summed E-state index contributed by atoms with van der Waals surface area (Å²) < 4.78 is 11.0. The summed E-state index contributed by atoms with van der Waals surface area (Å²) in [6, 6.07) is 10.2. The molecule has 0 saturated carbocycles. The third kappa shape index (κ3) is 2.60. The fourth-order valence-electron chi connectivity index (χ4n) is 2.95. The van der Waals surface area contributed by atoms with Crippen molar-refractivity contribution in [3.8, 4) is 0 Å². The van der Waals surface area contributed by atoms with Crippen LogP contribution in [-0.4, -0.2) is 44.5 Å². The lowest BCUT2D eigenvalue weighted by Gasteiger charge is -2.18.